The van der Waals surface area contributed by atoms with Gasteiger partial charge in [0.1, 0.15) is 0 Å². The number of rotatable bonds is 3. The molecule has 1 aromatic carbocycles. The maximum atomic E-state index is 5.95. The number of hydrogen-bond donors (Lipinski definition) is 1. The van der Waals surface area contributed by atoms with Crippen LogP contribution in [0.1, 0.15) is 26.3 Å². The first-order chi connectivity index (χ1) is 6.92. The van der Waals surface area contributed by atoms with Crippen LogP contribution < -0.4 is 5.32 Å². The van der Waals surface area contributed by atoms with E-state index in [0.29, 0.717) is 0 Å². The van der Waals surface area contributed by atoms with E-state index in [0.717, 1.165) is 11.6 Å². The van der Waals surface area contributed by atoms with Gasteiger partial charge >= 0.3 is 0 Å². The predicted molar refractivity (Wildman–Crippen MR) is 69.8 cm³/mol. The van der Waals surface area contributed by atoms with Crippen molar-refractivity contribution in [3.8, 4) is 0 Å². The number of nitrogens with one attached hydrogen (secondary N) is 1. The summed E-state index contributed by atoms with van der Waals surface area (Å²) >= 11 is 7.69. The van der Waals surface area contributed by atoms with Gasteiger partial charge in [0.15, 0.2) is 0 Å². The van der Waals surface area contributed by atoms with Gasteiger partial charge in [0, 0.05) is 22.0 Å². The van der Waals surface area contributed by atoms with Gasteiger partial charge in [-0.1, -0.05) is 17.7 Å². The highest BCUT2D eigenvalue weighted by Gasteiger charge is 2.10. The summed E-state index contributed by atoms with van der Waals surface area (Å²) in [4.78, 5) is 1.25. The molecular weight excluding hydrogens is 226 g/mol. The summed E-state index contributed by atoms with van der Waals surface area (Å²) in [7, 11) is 0. The lowest BCUT2D eigenvalue weighted by Crippen LogP contribution is -2.35. The smallest absolute Gasteiger partial charge is 0.0417 e. The van der Waals surface area contributed by atoms with Crippen LogP contribution in [0.15, 0.2) is 23.1 Å². The third kappa shape index (κ3) is 4.45. The van der Waals surface area contributed by atoms with E-state index in [9.17, 15) is 0 Å². The van der Waals surface area contributed by atoms with Crippen LogP contribution in [-0.4, -0.2) is 11.8 Å². The average Bonchev–Trinajstić information content (AvgIpc) is 2.14. The summed E-state index contributed by atoms with van der Waals surface area (Å²) < 4.78 is 0. The van der Waals surface area contributed by atoms with Crippen LogP contribution >= 0.6 is 23.4 Å². The van der Waals surface area contributed by atoms with Crippen molar-refractivity contribution in [2.75, 3.05) is 6.26 Å². The first-order valence-electron chi connectivity index (χ1n) is 5.00. The second-order valence-corrected chi connectivity index (χ2v) is 5.84. The Bertz CT molecular complexity index is 331. The van der Waals surface area contributed by atoms with E-state index < -0.39 is 0 Å². The van der Waals surface area contributed by atoms with Crippen molar-refractivity contribution in [3.05, 3.63) is 28.8 Å². The fourth-order valence-electron chi connectivity index (χ4n) is 1.22. The van der Waals surface area contributed by atoms with Crippen molar-refractivity contribution in [1.29, 1.82) is 0 Å². The fraction of sp³-hybridized carbons (Fsp3) is 0.500. The van der Waals surface area contributed by atoms with E-state index >= 15 is 0 Å². The molecule has 0 heterocycles. The molecule has 1 nitrogen and oxygen atoms in total. The van der Waals surface area contributed by atoms with Gasteiger partial charge in [-0.05, 0) is 44.7 Å². The van der Waals surface area contributed by atoms with Crippen LogP contribution in [0, 0.1) is 0 Å². The molecule has 0 atom stereocenters. The van der Waals surface area contributed by atoms with Crippen LogP contribution in [0.2, 0.25) is 5.02 Å². The van der Waals surface area contributed by atoms with E-state index in [1.54, 1.807) is 11.8 Å². The summed E-state index contributed by atoms with van der Waals surface area (Å²) in [6.07, 6.45) is 2.08. The number of halogens is 1. The molecule has 0 aliphatic rings. The SMILES string of the molecule is CSc1cc(Cl)ccc1CNC(C)(C)C. The van der Waals surface area contributed by atoms with Crippen LogP contribution in [0.25, 0.3) is 0 Å². The molecule has 0 spiro atoms. The molecule has 0 fully saturated rings. The quantitative estimate of drug-likeness (QED) is 0.807. The lowest BCUT2D eigenvalue weighted by Gasteiger charge is -2.21. The molecule has 3 heteroatoms. The molecule has 0 unspecified atom stereocenters. The Morgan fingerprint density at radius 1 is 1.33 bits per heavy atom. The molecule has 0 amide bonds. The van der Waals surface area contributed by atoms with Gasteiger partial charge in [0.05, 0.1) is 0 Å². The average molecular weight is 244 g/mol. The van der Waals surface area contributed by atoms with Gasteiger partial charge in [0.25, 0.3) is 0 Å². The second-order valence-electron chi connectivity index (χ2n) is 4.56. The van der Waals surface area contributed by atoms with E-state index in [1.807, 2.05) is 12.1 Å². The molecule has 84 valence electrons. The minimum absolute atomic E-state index is 0.148. The Hall–Kier alpha value is -0.180. The zero-order chi connectivity index (χ0) is 11.5. The molecule has 1 N–H and O–H groups in total. The van der Waals surface area contributed by atoms with Crippen molar-refractivity contribution >= 4 is 23.4 Å². The molecule has 0 bridgehead atoms. The molecule has 0 aliphatic heterocycles. The maximum absolute atomic E-state index is 5.95. The Labute approximate surface area is 102 Å². The summed E-state index contributed by atoms with van der Waals surface area (Å²) in [6, 6.07) is 6.06. The van der Waals surface area contributed by atoms with Gasteiger partial charge < -0.3 is 5.32 Å². The van der Waals surface area contributed by atoms with Gasteiger partial charge in [-0.15, -0.1) is 11.8 Å². The summed E-state index contributed by atoms with van der Waals surface area (Å²) in [6.45, 7) is 7.39. The zero-order valence-electron chi connectivity index (χ0n) is 9.73. The van der Waals surface area contributed by atoms with Gasteiger partial charge in [-0.25, -0.2) is 0 Å². The Balaban J connectivity index is 2.76. The standard InChI is InChI=1S/C12H18ClNS/c1-12(2,3)14-8-9-5-6-10(13)7-11(9)15-4/h5-7,14H,8H2,1-4H3. The Morgan fingerprint density at radius 3 is 2.53 bits per heavy atom. The zero-order valence-corrected chi connectivity index (χ0v) is 11.3. The maximum Gasteiger partial charge on any atom is 0.0417 e. The third-order valence-corrected chi connectivity index (χ3v) is 3.11. The molecule has 0 saturated heterocycles. The normalized spacial score (nSPS) is 11.8. The number of thioether (sulfide) groups is 1. The molecule has 0 saturated carbocycles. The summed E-state index contributed by atoms with van der Waals surface area (Å²) in [5, 5.41) is 4.28. The fourth-order valence-corrected chi connectivity index (χ4v) is 2.11. The third-order valence-electron chi connectivity index (χ3n) is 2.06. The van der Waals surface area contributed by atoms with Crippen molar-refractivity contribution < 1.29 is 0 Å². The largest absolute Gasteiger partial charge is 0.308 e. The first-order valence-corrected chi connectivity index (χ1v) is 6.60. The van der Waals surface area contributed by atoms with Crippen LogP contribution in [0.3, 0.4) is 0 Å². The minimum Gasteiger partial charge on any atom is -0.308 e. The van der Waals surface area contributed by atoms with Gasteiger partial charge in [-0.3, -0.25) is 0 Å². The topological polar surface area (TPSA) is 12.0 Å². The Morgan fingerprint density at radius 2 is 2.00 bits per heavy atom. The molecule has 0 aromatic heterocycles. The molecule has 1 aromatic rings. The van der Waals surface area contributed by atoms with Crippen LogP contribution in [0.5, 0.6) is 0 Å². The molecule has 0 aliphatic carbocycles. The van der Waals surface area contributed by atoms with Crippen LogP contribution in [-0.2, 0) is 6.54 Å². The molecule has 15 heavy (non-hydrogen) atoms. The molecule has 0 radical (unpaired) electrons. The number of benzene rings is 1. The molecule has 1 rings (SSSR count). The van der Waals surface area contributed by atoms with E-state index in [1.165, 1.54) is 10.5 Å². The van der Waals surface area contributed by atoms with Crippen molar-refractivity contribution in [2.45, 2.75) is 37.8 Å². The molecular formula is C12H18ClNS. The van der Waals surface area contributed by atoms with E-state index in [2.05, 4.69) is 38.4 Å². The predicted octanol–water partition coefficient (Wildman–Crippen LogP) is 3.95. The van der Waals surface area contributed by atoms with Crippen molar-refractivity contribution in [2.24, 2.45) is 0 Å². The van der Waals surface area contributed by atoms with Gasteiger partial charge in [-0.2, -0.15) is 0 Å². The first kappa shape index (κ1) is 12.9. The highest BCUT2D eigenvalue weighted by molar-refractivity contribution is 7.98. The van der Waals surface area contributed by atoms with Crippen molar-refractivity contribution in [3.63, 3.8) is 0 Å². The highest BCUT2D eigenvalue weighted by Crippen LogP contribution is 2.24. The van der Waals surface area contributed by atoms with Crippen LogP contribution in [0.4, 0.5) is 0 Å². The van der Waals surface area contributed by atoms with Gasteiger partial charge in [0.2, 0.25) is 0 Å². The lowest BCUT2D eigenvalue weighted by atomic mass is 10.1. The lowest BCUT2D eigenvalue weighted by molar-refractivity contribution is 0.422. The second kappa shape index (κ2) is 5.24. The summed E-state index contributed by atoms with van der Waals surface area (Å²) in [5.74, 6) is 0. The van der Waals surface area contributed by atoms with Crippen molar-refractivity contribution in [1.82, 2.24) is 5.32 Å². The number of hydrogen-bond acceptors (Lipinski definition) is 2. The van der Waals surface area contributed by atoms with E-state index in [-0.39, 0.29) is 5.54 Å². The Kier molecular flexibility index (Phi) is 4.50. The highest BCUT2D eigenvalue weighted by atomic mass is 35.5. The minimum atomic E-state index is 0.148. The van der Waals surface area contributed by atoms with E-state index in [4.69, 9.17) is 11.6 Å². The summed E-state index contributed by atoms with van der Waals surface area (Å²) in [5.41, 5.74) is 1.46. The monoisotopic (exact) mass is 243 g/mol.